The summed E-state index contributed by atoms with van der Waals surface area (Å²) in [5, 5.41) is 3.54. The zero-order valence-electron chi connectivity index (χ0n) is 20.0. The van der Waals surface area contributed by atoms with E-state index in [4.69, 9.17) is 4.98 Å². The smallest absolute Gasteiger partial charge is 0.331 e. The number of barbiturate groups is 1. The van der Waals surface area contributed by atoms with Gasteiger partial charge in [-0.25, -0.2) is 9.78 Å². The number of fused-ring (bicyclic) bond motifs is 5. The second-order valence-corrected chi connectivity index (χ2v) is 10.3. The van der Waals surface area contributed by atoms with E-state index in [1.54, 1.807) is 0 Å². The second-order valence-electron chi connectivity index (χ2n) is 10.3. The number of rotatable bonds is 2. The molecule has 4 amide bonds. The molecule has 178 valence electrons. The summed E-state index contributed by atoms with van der Waals surface area (Å²) in [5.74, 6) is 0.319. The number of nitrogens with zero attached hydrogens (tertiary/aromatic N) is 3. The number of pyridine rings is 1. The van der Waals surface area contributed by atoms with Crippen LogP contribution in [-0.4, -0.2) is 40.3 Å². The maximum atomic E-state index is 14.2. The van der Waals surface area contributed by atoms with Crippen molar-refractivity contribution in [3.05, 3.63) is 71.3 Å². The average Bonchev–Trinajstić information content (AvgIpc) is 2.84. The van der Waals surface area contributed by atoms with E-state index in [-0.39, 0.29) is 19.0 Å². The Morgan fingerprint density at radius 2 is 1.89 bits per heavy atom. The van der Waals surface area contributed by atoms with Crippen LogP contribution in [0, 0.1) is 18.3 Å². The molecule has 0 unspecified atom stereocenters. The predicted octanol–water partition coefficient (Wildman–Crippen LogP) is 3.97. The van der Waals surface area contributed by atoms with E-state index in [2.05, 4.69) is 29.3 Å². The zero-order chi connectivity index (χ0) is 24.3. The van der Waals surface area contributed by atoms with E-state index in [0.29, 0.717) is 12.3 Å². The number of hydrogen-bond acceptors (Lipinski definition) is 5. The first kappa shape index (κ1) is 21.8. The van der Waals surface area contributed by atoms with Crippen LogP contribution in [0.4, 0.5) is 10.6 Å². The SMILES string of the molecule is Cc1ccc2nc3c(cc2c1)C[C@]1(C(=O)NC(=O)N(Cc2ccccc2)C1=O)[C@@H]1C[C@@H](C)CCN31. The maximum Gasteiger partial charge on any atom is 0.331 e. The third kappa shape index (κ3) is 3.32. The Morgan fingerprint density at radius 1 is 1.09 bits per heavy atom. The molecule has 3 aliphatic rings. The number of nitrogens with one attached hydrogen (secondary N) is 1. The Labute approximate surface area is 204 Å². The van der Waals surface area contributed by atoms with Crippen molar-refractivity contribution in [2.75, 3.05) is 11.4 Å². The second kappa shape index (κ2) is 7.90. The minimum absolute atomic E-state index is 0.130. The molecule has 7 heteroatoms. The van der Waals surface area contributed by atoms with Crippen molar-refractivity contribution >= 4 is 34.6 Å². The van der Waals surface area contributed by atoms with Gasteiger partial charge in [0.15, 0.2) is 5.41 Å². The fourth-order valence-electron chi connectivity index (χ4n) is 6.05. The topological polar surface area (TPSA) is 82.6 Å². The van der Waals surface area contributed by atoms with Crippen molar-refractivity contribution in [1.29, 1.82) is 0 Å². The fraction of sp³-hybridized carbons (Fsp3) is 0.357. The number of benzene rings is 2. The number of aromatic nitrogens is 1. The molecule has 3 aromatic rings. The highest BCUT2D eigenvalue weighted by molar-refractivity contribution is 6.20. The lowest BCUT2D eigenvalue weighted by Crippen LogP contribution is -2.72. The highest BCUT2D eigenvalue weighted by Crippen LogP contribution is 2.48. The molecule has 0 bridgehead atoms. The van der Waals surface area contributed by atoms with Crippen LogP contribution in [0.2, 0.25) is 0 Å². The van der Waals surface area contributed by atoms with Crippen molar-refractivity contribution in [2.24, 2.45) is 11.3 Å². The number of hydrogen-bond donors (Lipinski definition) is 1. The van der Waals surface area contributed by atoms with E-state index in [0.717, 1.165) is 46.4 Å². The number of piperidine rings is 1. The molecule has 0 saturated carbocycles. The van der Waals surface area contributed by atoms with Crippen LogP contribution in [0.5, 0.6) is 0 Å². The molecule has 4 heterocycles. The minimum atomic E-state index is -1.37. The number of imide groups is 2. The summed E-state index contributed by atoms with van der Waals surface area (Å²) in [6.45, 7) is 5.05. The van der Waals surface area contributed by atoms with Crippen LogP contribution in [0.15, 0.2) is 54.6 Å². The number of aryl methyl sites for hydroxylation is 1. The summed E-state index contributed by atoms with van der Waals surface area (Å²) in [5.41, 5.74) is 2.38. The Hall–Kier alpha value is -3.74. The van der Waals surface area contributed by atoms with Crippen LogP contribution in [0.3, 0.4) is 0 Å². The van der Waals surface area contributed by atoms with E-state index in [1.807, 2.05) is 49.4 Å². The fourth-order valence-corrected chi connectivity index (χ4v) is 6.05. The molecule has 6 rings (SSSR count). The highest BCUT2D eigenvalue weighted by Gasteiger charge is 2.62. The summed E-state index contributed by atoms with van der Waals surface area (Å²) in [6.07, 6.45) is 1.89. The summed E-state index contributed by atoms with van der Waals surface area (Å²) < 4.78 is 0. The van der Waals surface area contributed by atoms with Crippen LogP contribution in [0.1, 0.15) is 36.5 Å². The molecule has 2 aromatic carbocycles. The quantitative estimate of drug-likeness (QED) is 0.576. The average molecular weight is 469 g/mol. The van der Waals surface area contributed by atoms with Gasteiger partial charge in [-0.15, -0.1) is 0 Å². The van der Waals surface area contributed by atoms with Gasteiger partial charge >= 0.3 is 6.03 Å². The Morgan fingerprint density at radius 3 is 2.69 bits per heavy atom. The first-order chi connectivity index (χ1) is 16.9. The predicted molar refractivity (Wildman–Crippen MR) is 133 cm³/mol. The molecule has 7 nitrogen and oxygen atoms in total. The van der Waals surface area contributed by atoms with Gasteiger partial charge in [-0.05, 0) is 55.0 Å². The largest absolute Gasteiger partial charge is 0.352 e. The van der Waals surface area contributed by atoms with Crippen LogP contribution < -0.4 is 10.2 Å². The molecule has 1 N–H and O–H groups in total. The van der Waals surface area contributed by atoms with Gasteiger partial charge in [0.1, 0.15) is 5.82 Å². The molecule has 3 aliphatic heterocycles. The highest BCUT2D eigenvalue weighted by atomic mass is 16.2. The van der Waals surface area contributed by atoms with Gasteiger partial charge in [-0.3, -0.25) is 19.8 Å². The number of carbonyl (C=O) groups is 3. The van der Waals surface area contributed by atoms with Crippen LogP contribution >= 0.6 is 0 Å². The molecular formula is C28H28N4O3. The number of urea groups is 1. The molecular weight excluding hydrogens is 440 g/mol. The van der Waals surface area contributed by atoms with Crippen molar-refractivity contribution in [3.8, 4) is 0 Å². The summed E-state index contributed by atoms with van der Waals surface area (Å²) in [7, 11) is 0. The molecule has 3 atom stereocenters. The summed E-state index contributed by atoms with van der Waals surface area (Å²) >= 11 is 0. The molecule has 0 aliphatic carbocycles. The van der Waals surface area contributed by atoms with E-state index in [1.165, 1.54) is 4.90 Å². The molecule has 35 heavy (non-hydrogen) atoms. The molecule has 2 fully saturated rings. The summed E-state index contributed by atoms with van der Waals surface area (Å²) in [6, 6.07) is 16.6. The van der Waals surface area contributed by atoms with E-state index in [9.17, 15) is 14.4 Å². The van der Waals surface area contributed by atoms with Gasteiger partial charge < -0.3 is 4.90 Å². The van der Waals surface area contributed by atoms with Gasteiger partial charge in [0, 0.05) is 18.4 Å². The first-order valence-corrected chi connectivity index (χ1v) is 12.2. The van der Waals surface area contributed by atoms with Gasteiger partial charge in [-0.2, -0.15) is 0 Å². The molecule has 0 radical (unpaired) electrons. The molecule has 1 spiro atoms. The molecule has 2 saturated heterocycles. The number of amides is 4. The van der Waals surface area contributed by atoms with E-state index < -0.39 is 23.3 Å². The third-order valence-electron chi connectivity index (χ3n) is 7.88. The summed E-state index contributed by atoms with van der Waals surface area (Å²) in [4.78, 5) is 49.1. The monoisotopic (exact) mass is 468 g/mol. The minimum Gasteiger partial charge on any atom is -0.352 e. The Balaban J connectivity index is 1.49. The lowest BCUT2D eigenvalue weighted by Gasteiger charge is -2.54. The van der Waals surface area contributed by atoms with Crippen molar-refractivity contribution in [1.82, 2.24) is 15.2 Å². The zero-order valence-corrected chi connectivity index (χ0v) is 20.0. The van der Waals surface area contributed by atoms with Crippen LogP contribution in [-0.2, 0) is 22.6 Å². The van der Waals surface area contributed by atoms with Crippen LogP contribution in [0.25, 0.3) is 10.9 Å². The first-order valence-electron chi connectivity index (χ1n) is 12.2. The Kier molecular flexibility index (Phi) is 4.91. The van der Waals surface area contributed by atoms with Gasteiger partial charge in [0.25, 0.3) is 0 Å². The van der Waals surface area contributed by atoms with Crippen molar-refractivity contribution in [3.63, 3.8) is 0 Å². The number of anilines is 1. The van der Waals surface area contributed by atoms with Gasteiger partial charge in [0.05, 0.1) is 18.1 Å². The lowest BCUT2D eigenvalue weighted by atomic mass is 9.65. The van der Waals surface area contributed by atoms with Crippen molar-refractivity contribution < 1.29 is 14.4 Å². The van der Waals surface area contributed by atoms with E-state index >= 15 is 0 Å². The third-order valence-corrected chi connectivity index (χ3v) is 7.88. The lowest BCUT2D eigenvalue weighted by molar-refractivity contribution is -0.154. The van der Waals surface area contributed by atoms with Crippen molar-refractivity contribution in [2.45, 2.75) is 45.7 Å². The number of carbonyl (C=O) groups excluding carboxylic acids is 3. The standard InChI is InChI=1S/C28H28N4O3/c1-17-8-9-22-20(12-17)14-21-15-28(23-13-18(2)10-11-31(23)24(21)29-22)25(33)30-27(35)32(26(28)34)16-19-6-4-3-5-7-19/h3-9,12,14,18,23H,10-11,13,15-16H2,1-2H3,(H,30,33,35)/t18-,23-,28+/m0/s1. The normalized spacial score (nSPS) is 26.1. The maximum absolute atomic E-state index is 14.2. The molecule has 1 aromatic heterocycles. The van der Waals surface area contributed by atoms with Gasteiger partial charge in [-0.1, -0.05) is 48.9 Å². The van der Waals surface area contributed by atoms with Gasteiger partial charge in [0.2, 0.25) is 11.8 Å². The Bertz CT molecular complexity index is 1370.